The zero-order valence-corrected chi connectivity index (χ0v) is 21.1. The Morgan fingerprint density at radius 1 is 0.944 bits per heavy atom. The minimum atomic E-state index is -1.02. The molecule has 3 aromatic carbocycles. The lowest BCUT2D eigenvalue weighted by Gasteiger charge is -2.31. The van der Waals surface area contributed by atoms with Crippen molar-refractivity contribution in [3.05, 3.63) is 118 Å². The molecular formula is C30H29ClN2O3. The summed E-state index contributed by atoms with van der Waals surface area (Å²) in [6.45, 7) is 3.87. The molecule has 1 amide bonds. The summed E-state index contributed by atoms with van der Waals surface area (Å²) in [4.78, 5) is 30.2. The largest absolute Gasteiger partial charge is 0.481 e. The topological polar surface area (TPSA) is 78.8 Å². The van der Waals surface area contributed by atoms with Gasteiger partial charge in [-0.15, -0.1) is 0 Å². The summed E-state index contributed by atoms with van der Waals surface area (Å²) < 4.78 is 0. The SMILES string of the molecule is CC1=NC(C)=C(C(=O)NCCC(c2ccccc2)c2ccccc2)C(c2cccc(Cl)c2)C1C(=O)O. The Balaban J connectivity index is 1.59. The standard InChI is InChI=1S/C30H29ClN2O3/c1-19-26(28(23-14-9-15-24(31)18-23)27(30(35)36)20(2)33-19)29(34)32-17-16-25(21-10-5-3-6-11-21)22-12-7-4-8-13-22/h3-15,18,25,27-28H,16-17H2,1-2H3,(H,32,34)(H,35,36). The Kier molecular flexibility index (Phi) is 8.01. The lowest BCUT2D eigenvalue weighted by molar-refractivity contribution is -0.139. The number of carbonyl (C=O) groups is 2. The van der Waals surface area contributed by atoms with Gasteiger partial charge in [-0.1, -0.05) is 84.4 Å². The maximum Gasteiger partial charge on any atom is 0.313 e. The van der Waals surface area contributed by atoms with Crippen molar-refractivity contribution < 1.29 is 14.7 Å². The molecule has 0 fully saturated rings. The molecule has 6 heteroatoms. The summed E-state index contributed by atoms with van der Waals surface area (Å²) in [5.41, 5.74) is 4.39. The van der Waals surface area contributed by atoms with Crippen LogP contribution in [0.15, 0.2) is 101 Å². The Bertz CT molecular complexity index is 1260. The average Bonchev–Trinajstić information content (AvgIpc) is 2.87. The van der Waals surface area contributed by atoms with Crippen molar-refractivity contribution in [3.8, 4) is 0 Å². The van der Waals surface area contributed by atoms with E-state index in [0.717, 1.165) is 0 Å². The van der Waals surface area contributed by atoms with Crippen LogP contribution in [0.5, 0.6) is 0 Å². The second kappa shape index (κ2) is 11.4. The normalized spacial score (nSPS) is 17.6. The summed E-state index contributed by atoms with van der Waals surface area (Å²) in [5.74, 6) is -2.84. The first-order valence-corrected chi connectivity index (χ1v) is 12.4. The number of halogens is 1. The van der Waals surface area contributed by atoms with E-state index in [4.69, 9.17) is 11.6 Å². The van der Waals surface area contributed by atoms with Crippen molar-refractivity contribution in [2.45, 2.75) is 32.1 Å². The second-order valence-electron chi connectivity index (χ2n) is 9.02. The third-order valence-corrected chi connectivity index (χ3v) is 6.90. The molecule has 1 aliphatic heterocycles. The number of nitrogens with one attached hydrogen (secondary N) is 1. The predicted octanol–water partition coefficient (Wildman–Crippen LogP) is 6.21. The first-order valence-electron chi connectivity index (χ1n) is 12.0. The molecule has 5 nitrogen and oxygen atoms in total. The lowest BCUT2D eigenvalue weighted by atomic mass is 9.75. The third kappa shape index (κ3) is 5.58. The number of aliphatic imine (C=N–C) groups is 1. The van der Waals surface area contributed by atoms with Crippen LogP contribution in [-0.4, -0.2) is 29.2 Å². The molecule has 2 atom stereocenters. The van der Waals surface area contributed by atoms with Crippen LogP contribution >= 0.6 is 11.6 Å². The summed E-state index contributed by atoms with van der Waals surface area (Å²) in [6.07, 6.45) is 0.693. The van der Waals surface area contributed by atoms with Gasteiger partial charge in [0.2, 0.25) is 5.91 Å². The smallest absolute Gasteiger partial charge is 0.313 e. The number of aliphatic carboxylic acids is 1. The van der Waals surface area contributed by atoms with Gasteiger partial charge in [0.1, 0.15) is 5.92 Å². The molecular weight excluding hydrogens is 472 g/mol. The van der Waals surface area contributed by atoms with E-state index in [0.29, 0.717) is 40.5 Å². The fraction of sp³-hybridized carbons (Fsp3) is 0.233. The Morgan fingerprint density at radius 2 is 1.56 bits per heavy atom. The van der Waals surface area contributed by atoms with Gasteiger partial charge in [-0.25, -0.2) is 0 Å². The quantitative estimate of drug-likeness (QED) is 0.386. The van der Waals surface area contributed by atoms with Crippen molar-refractivity contribution >= 4 is 29.2 Å². The Morgan fingerprint density at radius 3 is 2.11 bits per heavy atom. The number of carboxylic acid groups (broad SMARTS) is 1. The summed E-state index contributed by atoms with van der Waals surface area (Å²) in [5, 5.41) is 13.6. The van der Waals surface area contributed by atoms with Gasteiger partial charge in [0, 0.05) is 40.4 Å². The highest BCUT2D eigenvalue weighted by Crippen LogP contribution is 2.40. The van der Waals surface area contributed by atoms with Crippen LogP contribution in [-0.2, 0) is 9.59 Å². The molecule has 4 rings (SSSR count). The average molecular weight is 501 g/mol. The minimum absolute atomic E-state index is 0.116. The predicted molar refractivity (Wildman–Crippen MR) is 143 cm³/mol. The molecule has 1 heterocycles. The number of carboxylic acids is 1. The number of rotatable bonds is 8. The number of amides is 1. The van der Waals surface area contributed by atoms with Gasteiger partial charge >= 0.3 is 5.97 Å². The molecule has 36 heavy (non-hydrogen) atoms. The first kappa shape index (κ1) is 25.4. The number of carbonyl (C=O) groups excluding carboxylic acids is 1. The highest BCUT2D eigenvalue weighted by atomic mass is 35.5. The van der Waals surface area contributed by atoms with Crippen LogP contribution in [0.25, 0.3) is 0 Å². The zero-order chi connectivity index (χ0) is 25.7. The first-order chi connectivity index (χ1) is 17.4. The number of hydrogen-bond donors (Lipinski definition) is 2. The molecule has 0 radical (unpaired) electrons. The molecule has 3 aromatic rings. The molecule has 2 unspecified atom stereocenters. The van der Waals surface area contributed by atoms with Crippen molar-refractivity contribution in [1.82, 2.24) is 5.32 Å². The van der Waals surface area contributed by atoms with E-state index in [2.05, 4.69) is 34.6 Å². The number of hydrogen-bond acceptors (Lipinski definition) is 3. The fourth-order valence-electron chi connectivity index (χ4n) is 5.03. The van der Waals surface area contributed by atoms with Crippen LogP contribution < -0.4 is 5.32 Å². The highest BCUT2D eigenvalue weighted by Gasteiger charge is 2.41. The van der Waals surface area contributed by atoms with Crippen molar-refractivity contribution in [1.29, 1.82) is 0 Å². The van der Waals surface area contributed by atoms with E-state index < -0.39 is 17.8 Å². The van der Waals surface area contributed by atoms with Crippen molar-refractivity contribution in [2.75, 3.05) is 6.54 Å². The van der Waals surface area contributed by atoms with Crippen LogP contribution in [0.2, 0.25) is 5.02 Å². The maximum absolute atomic E-state index is 13.5. The second-order valence-corrected chi connectivity index (χ2v) is 9.46. The van der Waals surface area contributed by atoms with Gasteiger partial charge in [0.05, 0.1) is 0 Å². The lowest BCUT2D eigenvalue weighted by Crippen LogP contribution is -2.38. The van der Waals surface area contributed by atoms with E-state index in [1.54, 1.807) is 32.0 Å². The van der Waals surface area contributed by atoms with Gasteiger partial charge in [0.25, 0.3) is 0 Å². The Hall–Kier alpha value is -3.70. The maximum atomic E-state index is 13.5. The van der Waals surface area contributed by atoms with Gasteiger partial charge in [0.15, 0.2) is 0 Å². The summed E-state index contributed by atoms with van der Waals surface area (Å²) >= 11 is 6.23. The minimum Gasteiger partial charge on any atom is -0.481 e. The van der Waals surface area contributed by atoms with E-state index in [1.165, 1.54) is 11.1 Å². The van der Waals surface area contributed by atoms with Gasteiger partial charge in [-0.2, -0.15) is 0 Å². The van der Waals surface area contributed by atoms with Crippen LogP contribution in [0, 0.1) is 5.92 Å². The highest BCUT2D eigenvalue weighted by molar-refractivity contribution is 6.30. The molecule has 2 N–H and O–H groups in total. The Labute approximate surface area is 216 Å². The van der Waals surface area contributed by atoms with Crippen LogP contribution in [0.4, 0.5) is 0 Å². The molecule has 184 valence electrons. The third-order valence-electron chi connectivity index (χ3n) is 6.67. The molecule has 0 bridgehead atoms. The monoisotopic (exact) mass is 500 g/mol. The number of nitrogens with zero attached hydrogens (tertiary/aromatic N) is 1. The van der Waals surface area contributed by atoms with Gasteiger partial charge in [-0.05, 0) is 49.1 Å². The van der Waals surface area contributed by atoms with E-state index in [-0.39, 0.29) is 11.8 Å². The molecule has 0 spiro atoms. The van der Waals surface area contributed by atoms with Crippen molar-refractivity contribution in [2.24, 2.45) is 10.9 Å². The number of allylic oxidation sites excluding steroid dienone is 1. The summed E-state index contributed by atoms with van der Waals surface area (Å²) in [7, 11) is 0. The molecule has 0 saturated heterocycles. The van der Waals surface area contributed by atoms with Crippen molar-refractivity contribution in [3.63, 3.8) is 0 Å². The molecule has 0 aliphatic carbocycles. The van der Waals surface area contributed by atoms with Gasteiger partial charge < -0.3 is 10.4 Å². The molecule has 0 aromatic heterocycles. The van der Waals surface area contributed by atoms with Crippen LogP contribution in [0.3, 0.4) is 0 Å². The summed E-state index contributed by atoms with van der Waals surface area (Å²) in [6, 6.07) is 27.5. The van der Waals surface area contributed by atoms with E-state index in [1.807, 2.05) is 42.5 Å². The molecule has 0 saturated carbocycles. The van der Waals surface area contributed by atoms with E-state index in [9.17, 15) is 14.7 Å². The molecule has 1 aliphatic rings. The number of benzene rings is 3. The fourth-order valence-corrected chi connectivity index (χ4v) is 5.23. The zero-order valence-electron chi connectivity index (χ0n) is 20.3. The van der Waals surface area contributed by atoms with Crippen LogP contribution in [0.1, 0.15) is 48.8 Å². The van der Waals surface area contributed by atoms with E-state index >= 15 is 0 Å². The van der Waals surface area contributed by atoms with Gasteiger partial charge in [-0.3, -0.25) is 14.6 Å².